The van der Waals surface area contributed by atoms with Gasteiger partial charge >= 0.3 is 0 Å². The van der Waals surface area contributed by atoms with Crippen molar-refractivity contribution in [2.75, 3.05) is 31.4 Å². The number of hydrogen-bond donors (Lipinski definition) is 1. The Morgan fingerprint density at radius 1 is 1.15 bits per heavy atom. The maximum Gasteiger partial charge on any atom is 0.121 e. The first-order valence-corrected chi connectivity index (χ1v) is 6.26. The minimum Gasteiger partial charge on any atom is -0.497 e. The minimum absolute atomic E-state index is 0.584. The maximum absolute atomic E-state index is 9.16. The molecular formula is C16H17N3O. The smallest absolute Gasteiger partial charge is 0.121 e. The summed E-state index contributed by atoms with van der Waals surface area (Å²) in [6, 6.07) is 15.5. The number of methoxy groups -OCH3 is 1. The highest BCUT2D eigenvalue weighted by Gasteiger charge is 2.05. The molecule has 0 aliphatic carbocycles. The topological polar surface area (TPSA) is 48.3 Å². The van der Waals surface area contributed by atoms with E-state index in [2.05, 4.69) is 11.4 Å². The van der Waals surface area contributed by atoms with E-state index in [9.17, 15) is 0 Å². The van der Waals surface area contributed by atoms with Crippen LogP contribution in [0, 0.1) is 11.3 Å². The van der Waals surface area contributed by atoms with Gasteiger partial charge in [0.15, 0.2) is 0 Å². The Hall–Kier alpha value is -2.67. The molecular weight excluding hydrogens is 250 g/mol. The van der Waals surface area contributed by atoms with Crippen molar-refractivity contribution in [3.63, 3.8) is 0 Å². The predicted molar refractivity (Wildman–Crippen MR) is 81.8 cm³/mol. The standard InChI is InChI=1S/C16H17N3O/c1-19(2)14-6-4-5-13(9-14)18-16-10-15(20-3)8-7-12(16)11-17/h4-10,18H,1-3H3. The molecule has 1 N–H and O–H groups in total. The van der Waals surface area contributed by atoms with Crippen LogP contribution in [0.2, 0.25) is 0 Å². The number of benzene rings is 2. The zero-order chi connectivity index (χ0) is 14.5. The van der Waals surface area contributed by atoms with Gasteiger partial charge in [-0.25, -0.2) is 0 Å². The van der Waals surface area contributed by atoms with Gasteiger partial charge in [-0.15, -0.1) is 0 Å². The molecule has 0 aromatic heterocycles. The number of ether oxygens (including phenoxy) is 1. The highest BCUT2D eigenvalue weighted by molar-refractivity contribution is 5.70. The van der Waals surface area contributed by atoms with E-state index < -0.39 is 0 Å². The van der Waals surface area contributed by atoms with E-state index in [4.69, 9.17) is 10.00 Å². The Kier molecular flexibility index (Phi) is 4.11. The van der Waals surface area contributed by atoms with Gasteiger partial charge in [-0.2, -0.15) is 5.26 Å². The molecule has 2 aromatic rings. The van der Waals surface area contributed by atoms with Crippen LogP contribution in [0.1, 0.15) is 5.56 Å². The molecule has 2 aromatic carbocycles. The van der Waals surface area contributed by atoms with Crippen LogP contribution in [0.15, 0.2) is 42.5 Å². The summed E-state index contributed by atoms with van der Waals surface area (Å²) in [5.41, 5.74) is 3.35. The van der Waals surface area contributed by atoms with Crippen molar-refractivity contribution in [3.8, 4) is 11.8 Å². The molecule has 4 heteroatoms. The normalized spacial score (nSPS) is 9.70. The van der Waals surface area contributed by atoms with Gasteiger partial charge in [0.1, 0.15) is 11.8 Å². The van der Waals surface area contributed by atoms with Gasteiger partial charge in [0, 0.05) is 31.5 Å². The molecule has 0 unspecified atom stereocenters. The number of nitrogens with one attached hydrogen (secondary N) is 1. The van der Waals surface area contributed by atoms with Crippen LogP contribution in [0.25, 0.3) is 0 Å². The van der Waals surface area contributed by atoms with E-state index in [0.717, 1.165) is 22.8 Å². The highest BCUT2D eigenvalue weighted by Crippen LogP contribution is 2.27. The monoisotopic (exact) mass is 267 g/mol. The number of nitriles is 1. The average molecular weight is 267 g/mol. The second-order valence-corrected chi connectivity index (χ2v) is 4.59. The zero-order valence-electron chi connectivity index (χ0n) is 11.8. The summed E-state index contributed by atoms with van der Waals surface area (Å²) in [5.74, 6) is 0.718. The SMILES string of the molecule is COc1ccc(C#N)c(Nc2cccc(N(C)C)c2)c1. The Bertz CT molecular complexity index is 644. The van der Waals surface area contributed by atoms with Gasteiger partial charge in [0.05, 0.1) is 18.4 Å². The first-order valence-electron chi connectivity index (χ1n) is 6.26. The Labute approximate surface area is 119 Å². The number of hydrogen-bond acceptors (Lipinski definition) is 4. The van der Waals surface area contributed by atoms with Gasteiger partial charge in [0.2, 0.25) is 0 Å². The van der Waals surface area contributed by atoms with Crippen molar-refractivity contribution in [1.82, 2.24) is 0 Å². The van der Waals surface area contributed by atoms with E-state index in [0.29, 0.717) is 5.56 Å². The Balaban J connectivity index is 2.34. The molecule has 2 rings (SSSR count). The fourth-order valence-corrected chi connectivity index (χ4v) is 1.87. The van der Waals surface area contributed by atoms with Crippen molar-refractivity contribution < 1.29 is 4.74 Å². The maximum atomic E-state index is 9.16. The summed E-state index contributed by atoms with van der Waals surface area (Å²) < 4.78 is 5.20. The second kappa shape index (κ2) is 5.98. The molecule has 0 saturated heterocycles. The number of anilines is 3. The average Bonchev–Trinajstić information content (AvgIpc) is 2.47. The lowest BCUT2D eigenvalue weighted by molar-refractivity contribution is 0.415. The van der Waals surface area contributed by atoms with E-state index in [1.54, 1.807) is 19.2 Å². The van der Waals surface area contributed by atoms with Gasteiger partial charge in [-0.1, -0.05) is 6.07 Å². The van der Waals surface area contributed by atoms with Crippen LogP contribution < -0.4 is 15.0 Å². The lowest BCUT2D eigenvalue weighted by Crippen LogP contribution is -2.08. The summed E-state index contributed by atoms with van der Waals surface area (Å²) >= 11 is 0. The summed E-state index contributed by atoms with van der Waals surface area (Å²) in [4.78, 5) is 2.03. The summed E-state index contributed by atoms with van der Waals surface area (Å²) in [6.07, 6.45) is 0. The van der Waals surface area contributed by atoms with Crippen LogP contribution >= 0.6 is 0 Å². The summed E-state index contributed by atoms with van der Waals surface area (Å²) in [5, 5.41) is 12.4. The largest absolute Gasteiger partial charge is 0.497 e. The van der Waals surface area contributed by atoms with Crippen LogP contribution in [0.5, 0.6) is 5.75 Å². The fraction of sp³-hybridized carbons (Fsp3) is 0.188. The lowest BCUT2D eigenvalue weighted by atomic mass is 10.1. The van der Waals surface area contributed by atoms with E-state index in [1.807, 2.05) is 49.3 Å². The Morgan fingerprint density at radius 2 is 1.95 bits per heavy atom. The number of rotatable bonds is 4. The van der Waals surface area contributed by atoms with Crippen LogP contribution in [0.4, 0.5) is 17.1 Å². The molecule has 0 amide bonds. The molecule has 0 aliphatic heterocycles. The summed E-state index contributed by atoms with van der Waals surface area (Å²) in [6.45, 7) is 0. The molecule has 20 heavy (non-hydrogen) atoms. The van der Waals surface area contributed by atoms with Crippen molar-refractivity contribution in [2.24, 2.45) is 0 Å². The van der Waals surface area contributed by atoms with Crippen molar-refractivity contribution in [1.29, 1.82) is 5.26 Å². The van der Waals surface area contributed by atoms with Crippen molar-refractivity contribution in [2.45, 2.75) is 0 Å². The first kappa shape index (κ1) is 13.8. The first-order chi connectivity index (χ1) is 9.63. The molecule has 102 valence electrons. The predicted octanol–water partition coefficient (Wildman–Crippen LogP) is 3.38. The molecule has 0 saturated carbocycles. The molecule has 0 spiro atoms. The number of nitrogens with zero attached hydrogens (tertiary/aromatic N) is 2. The van der Waals surface area contributed by atoms with E-state index >= 15 is 0 Å². The molecule has 0 bridgehead atoms. The molecule has 0 aliphatic rings. The zero-order valence-corrected chi connectivity index (χ0v) is 11.8. The Morgan fingerprint density at radius 3 is 2.60 bits per heavy atom. The quantitative estimate of drug-likeness (QED) is 0.922. The van der Waals surface area contributed by atoms with Gasteiger partial charge < -0.3 is 15.0 Å². The minimum atomic E-state index is 0.584. The van der Waals surface area contributed by atoms with Gasteiger partial charge in [-0.05, 0) is 30.3 Å². The van der Waals surface area contributed by atoms with Gasteiger partial charge in [-0.3, -0.25) is 0 Å². The van der Waals surface area contributed by atoms with Crippen molar-refractivity contribution in [3.05, 3.63) is 48.0 Å². The third kappa shape index (κ3) is 3.01. The molecule has 0 radical (unpaired) electrons. The molecule has 0 heterocycles. The molecule has 0 fully saturated rings. The van der Waals surface area contributed by atoms with E-state index in [1.165, 1.54) is 0 Å². The third-order valence-corrected chi connectivity index (χ3v) is 2.99. The van der Waals surface area contributed by atoms with Crippen LogP contribution in [-0.2, 0) is 0 Å². The van der Waals surface area contributed by atoms with Crippen LogP contribution in [-0.4, -0.2) is 21.2 Å². The summed E-state index contributed by atoms with van der Waals surface area (Å²) in [7, 11) is 5.59. The van der Waals surface area contributed by atoms with Crippen LogP contribution in [0.3, 0.4) is 0 Å². The van der Waals surface area contributed by atoms with Crippen molar-refractivity contribution >= 4 is 17.1 Å². The third-order valence-electron chi connectivity index (χ3n) is 2.99. The fourth-order valence-electron chi connectivity index (χ4n) is 1.87. The lowest BCUT2D eigenvalue weighted by Gasteiger charge is -2.15. The molecule has 0 atom stereocenters. The van der Waals surface area contributed by atoms with E-state index in [-0.39, 0.29) is 0 Å². The molecule has 4 nitrogen and oxygen atoms in total. The highest BCUT2D eigenvalue weighted by atomic mass is 16.5. The second-order valence-electron chi connectivity index (χ2n) is 4.59. The van der Waals surface area contributed by atoms with Gasteiger partial charge in [0.25, 0.3) is 0 Å².